The topological polar surface area (TPSA) is 144 Å². The van der Waals surface area contributed by atoms with Gasteiger partial charge in [0.15, 0.2) is 17.2 Å². The van der Waals surface area contributed by atoms with Crippen LogP contribution < -0.4 is 20.7 Å². The SMILES string of the molecule is O=C1COc2ccc(CNC(=O)c3cc(C(=O)N[C@H]4CCNC4=O)n4ncc(F)c4n3)cc2C1. The van der Waals surface area contributed by atoms with Gasteiger partial charge in [0, 0.05) is 31.1 Å². The van der Waals surface area contributed by atoms with Gasteiger partial charge in [-0.1, -0.05) is 6.07 Å². The highest BCUT2D eigenvalue weighted by atomic mass is 19.1. The van der Waals surface area contributed by atoms with Crippen LogP contribution in [0.5, 0.6) is 5.75 Å². The van der Waals surface area contributed by atoms with Crippen LogP contribution in [-0.4, -0.2) is 57.3 Å². The summed E-state index contributed by atoms with van der Waals surface area (Å²) in [6.07, 6.45) is 1.56. The minimum Gasteiger partial charge on any atom is -0.486 e. The largest absolute Gasteiger partial charge is 0.486 e. The molecule has 1 saturated heterocycles. The maximum Gasteiger partial charge on any atom is 0.270 e. The van der Waals surface area contributed by atoms with Crippen molar-refractivity contribution in [2.75, 3.05) is 13.2 Å². The first-order valence-electron chi connectivity index (χ1n) is 10.6. The molecule has 3 amide bonds. The van der Waals surface area contributed by atoms with E-state index in [0.29, 0.717) is 18.7 Å². The number of rotatable bonds is 5. The lowest BCUT2D eigenvalue weighted by Gasteiger charge is -2.17. The molecule has 2 aliphatic heterocycles. The van der Waals surface area contributed by atoms with Crippen LogP contribution in [0.1, 0.15) is 38.5 Å². The summed E-state index contributed by atoms with van der Waals surface area (Å²) in [6.45, 7) is 0.588. The maximum atomic E-state index is 14.2. The predicted molar refractivity (Wildman–Crippen MR) is 114 cm³/mol. The van der Waals surface area contributed by atoms with Gasteiger partial charge in [0.25, 0.3) is 11.8 Å². The molecule has 0 spiro atoms. The second-order valence-electron chi connectivity index (χ2n) is 7.99. The number of nitrogens with zero attached hydrogens (tertiary/aromatic N) is 3. The molecule has 0 unspecified atom stereocenters. The van der Waals surface area contributed by atoms with Crippen molar-refractivity contribution in [1.29, 1.82) is 0 Å². The van der Waals surface area contributed by atoms with Gasteiger partial charge in [0.05, 0.1) is 6.20 Å². The highest BCUT2D eigenvalue weighted by Gasteiger charge is 2.28. The number of hydrogen-bond acceptors (Lipinski definition) is 7. The van der Waals surface area contributed by atoms with Crippen molar-refractivity contribution in [3.8, 4) is 5.75 Å². The molecule has 3 aromatic rings. The average Bonchev–Trinajstić information content (AvgIpc) is 3.41. The number of halogens is 1. The number of carbonyl (C=O) groups is 4. The molecule has 0 radical (unpaired) electrons. The Kier molecular flexibility index (Phi) is 5.40. The summed E-state index contributed by atoms with van der Waals surface area (Å²) in [5.41, 5.74) is 0.844. The minimum absolute atomic E-state index is 0.0325. The van der Waals surface area contributed by atoms with Crippen LogP contribution in [0.4, 0.5) is 4.39 Å². The van der Waals surface area contributed by atoms with E-state index in [9.17, 15) is 23.6 Å². The lowest BCUT2D eigenvalue weighted by molar-refractivity contribution is -0.121. The quantitative estimate of drug-likeness (QED) is 0.477. The Morgan fingerprint density at radius 1 is 1.24 bits per heavy atom. The molecule has 12 heteroatoms. The normalized spacial score (nSPS) is 17.1. The van der Waals surface area contributed by atoms with Crippen molar-refractivity contribution in [1.82, 2.24) is 30.5 Å². The molecule has 11 nitrogen and oxygen atoms in total. The van der Waals surface area contributed by atoms with Crippen LogP contribution in [0.25, 0.3) is 5.65 Å². The molecular formula is C22H19FN6O5. The number of benzene rings is 1. The predicted octanol–water partition coefficient (Wildman–Crippen LogP) is -0.0793. The van der Waals surface area contributed by atoms with Gasteiger partial charge < -0.3 is 20.7 Å². The zero-order valence-corrected chi connectivity index (χ0v) is 17.8. The number of ether oxygens (including phenoxy) is 1. The van der Waals surface area contributed by atoms with Gasteiger partial charge in [0.1, 0.15) is 29.8 Å². The van der Waals surface area contributed by atoms with Gasteiger partial charge in [-0.15, -0.1) is 0 Å². The molecule has 3 N–H and O–H groups in total. The van der Waals surface area contributed by atoms with Crippen LogP contribution >= 0.6 is 0 Å². The van der Waals surface area contributed by atoms with Crippen molar-refractivity contribution >= 4 is 29.2 Å². The van der Waals surface area contributed by atoms with Gasteiger partial charge in [0.2, 0.25) is 5.91 Å². The summed E-state index contributed by atoms with van der Waals surface area (Å²) >= 11 is 0. The van der Waals surface area contributed by atoms with E-state index in [1.807, 2.05) is 0 Å². The summed E-state index contributed by atoms with van der Waals surface area (Å²) in [6, 6.07) is 5.72. The van der Waals surface area contributed by atoms with Crippen LogP contribution in [0.3, 0.4) is 0 Å². The minimum atomic E-state index is -0.804. The zero-order valence-electron chi connectivity index (χ0n) is 17.8. The molecule has 34 heavy (non-hydrogen) atoms. The number of hydrogen-bond donors (Lipinski definition) is 3. The zero-order chi connectivity index (χ0) is 23.8. The number of Topliss-reactive ketones (excluding diaryl/α,β-unsaturated/α-hetero) is 1. The molecule has 0 aliphatic carbocycles. The van der Waals surface area contributed by atoms with Crippen molar-refractivity contribution in [2.45, 2.75) is 25.4 Å². The fourth-order valence-electron chi connectivity index (χ4n) is 3.89. The summed E-state index contributed by atoms with van der Waals surface area (Å²) in [7, 11) is 0. The Bertz CT molecular complexity index is 1350. The van der Waals surface area contributed by atoms with E-state index in [1.54, 1.807) is 18.2 Å². The number of carbonyl (C=O) groups excluding carboxylic acids is 4. The molecule has 174 valence electrons. The number of ketones is 1. The van der Waals surface area contributed by atoms with Gasteiger partial charge in [-0.3, -0.25) is 19.2 Å². The fraction of sp³-hybridized carbons (Fsp3) is 0.273. The van der Waals surface area contributed by atoms with Crippen molar-refractivity contribution in [2.24, 2.45) is 0 Å². The third-order valence-electron chi connectivity index (χ3n) is 5.60. The lowest BCUT2D eigenvalue weighted by atomic mass is 10.0. The average molecular weight is 466 g/mol. The van der Waals surface area contributed by atoms with Crippen LogP contribution in [-0.2, 0) is 22.6 Å². The molecule has 1 fully saturated rings. The van der Waals surface area contributed by atoms with Gasteiger partial charge in [-0.2, -0.15) is 5.10 Å². The molecule has 0 bridgehead atoms. The molecule has 2 aliphatic rings. The van der Waals surface area contributed by atoms with E-state index in [1.165, 1.54) is 6.07 Å². The summed E-state index contributed by atoms with van der Waals surface area (Å²) in [4.78, 5) is 53.0. The standard InChI is InChI=1S/C22H19FN6O5/c23-14-9-26-29-17(22(33)28-15-3-4-24-20(15)31)7-16(27-19(14)29)21(32)25-8-11-1-2-18-12(5-11)6-13(30)10-34-18/h1-2,5,7,9,15H,3-4,6,8,10H2,(H,24,31)(H,25,32)(H,28,33)/t15-/m0/s1. The number of nitrogens with one attached hydrogen (secondary N) is 3. The van der Waals surface area contributed by atoms with E-state index >= 15 is 0 Å². The van der Waals surface area contributed by atoms with Crippen molar-refractivity contribution in [3.05, 3.63) is 58.8 Å². The third-order valence-corrected chi connectivity index (χ3v) is 5.60. The summed E-state index contributed by atoms with van der Waals surface area (Å²) in [5, 5.41) is 11.7. The van der Waals surface area contributed by atoms with Gasteiger partial charge in [-0.25, -0.2) is 13.9 Å². The Morgan fingerprint density at radius 3 is 2.88 bits per heavy atom. The molecule has 4 heterocycles. The van der Waals surface area contributed by atoms with E-state index in [-0.39, 0.29) is 48.3 Å². The first-order valence-corrected chi connectivity index (χ1v) is 10.6. The van der Waals surface area contributed by atoms with Crippen LogP contribution in [0, 0.1) is 5.82 Å². The summed E-state index contributed by atoms with van der Waals surface area (Å²) < 4.78 is 20.6. The van der Waals surface area contributed by atoms with E-state index < -0.39 is 23.7 Å². The van der Waals surface area contributed by atoms with Crippen LogP contribution in [0.2, 0.25) is 0 Å². The second kappa shape index (κ2) is 8.54. The Morgan fingerprint density at radius 2 is 2.09 bits per heavy atom. The fourth-order valence-corrected chi connectivity index (χ4v) is 3.89. The molecule has 1 aromatic carbocycles. The Labute approximate surface area is 191 Å². The molecule has 0 saturated carbocycles. The van der Waals surface area contributed by atoms with E-state index in [0.717, 1.165) is 21.8 Å². The van der Waals surface area contributed by atoms with Crippen LogP contribution in [0.15, 0.2) is 30.5 Å². The second-order valence-corrected chi connectivity index (χ2v) is 7.99. The Balaban J connectivity index is 1.36. The molecule has 5 rings (SSSR count). The number of amides is 3. The number of fused-ring (bicyclic) bond motifs is 2. The van der Waals surface area contributed by atoms with Gasteiger partial charge >= 0.3 is 0 Å². The van der Waals surface area contributed by atoms with Gasteiger partial charge in [-0.05, 0) is 24.1 Å². The van der Waals surface area contributed by atoms with E-state index in [4.69, 9.17) is 4.74 Å². The third kappa shape index (κ3) is 4.05. The monoisotopic (exact) mass is 466 g/mol. The highest BCUT2D eigenvalue weighted by molar-refractivity contribution is 6.00. The smallest absolute Gasteiger partial charge is 0.270 e. The lowest BCUT2D eigenvalue weighted by Crippen LogP contribution is -2.41. The molecular weight excluding hydrogens is 447 g/mol. The number of aromatic nitrogens is 3. The van der Waals surface area contributed by atoms with Crippen molar-refractivity contribution < 1.29 is 28.3 Å². The van der Waals surface area contributed by atoms with E-state index in [2.05, 4.69) is 26.0 Å². The molecule has 1 atom stereocenters. The Hall–Kier alpha value is -4.35. The first kappa shape index (κ1) is 21.5. The highest BCUT2D eigenvalue weighted by Crippen LogP contribution is 2.24. The maximum absolute atomic E-state index is 14.2. The first-order chi connectivity index (χ1) is 16.4. The molecule has 2 aromatic heterocycles. The van der Waals surface area contributed by atoms with Crippen molar-refractivity contribution in [3.63, 3.8) is 0 Å². The summed E-state index contributed by atoms with van der Waals surface area (Å²) in [5.74, 6) is -1.85.